The number of rotatable bonds is 5. The monoisotopic (exact) mass is 406 g/mol. The Morgan fingerprint density at radius 3 is 2.37 bits per heavy atom. The summed E-state index contributed by atoms with van der Waals surface area (Å²) >= 11 is 6.32. The summed E-state index contributed by atoms with van der Waals surface area (Å²) in [6.45, 7) is 3.88. The standard InChI is InChI=1S/C20H23ClN2O3S/c1-13-3-6-18(7-4-13)27(25,26)23-22-16-10-15(11-17(24)12-16)19-9-14(2)5-8-20(19)21/h3-9,15-16,22-23H,10-12H2,1-2H3. The third-order valence-electron chi connectivity index (χ3n) is 4.84. The second-order valence-electron chi connectivity index (χ2n) is 7.16. The number of Topliss-reactive ketones (excluding diaryl/α,β-unsaturated/α-hetero) is 1. The lowest BCUT2D eigenvalue weighted by Gasteiger charge is -2.30. The zero-order chi connectivity index (χ0) is 19.6. The Morgan fingerprint density at radius 1 is 1.00 bits per heavy atom. The molecule has 0 bridgehead atoms. The molecule has 0 aliphatic heterocycles. The first kappa shape index (κ1) is 20.0. The summed E-state index contributed by atoms with van der Waals surface area (Å²) in [6.07, 6.45) is 1.34. The van der Waals surface area contributed by atoms with Crippen LogP contribution in [0.4, 0.5) is 0 Å². The minimum Gasteiger partial charge on any atom is -0.300 e. The number of halogens is 1. The summed E-state index contributed by atoms with van der Waals surface area (Å²) in [4.78, 5) is 14.8. The van der Waals surface area contributed by atoms with Crippen molar-refractivity contribution in [2.75, 3.05) is 0 Å². The first-order valence-electron chi connectivity index (χ1n) is 8.86. The van der Waals surface area contributed by atoms with Crippen LogP contribution in [0, 0.1) is 13.8 Å². The maximum Gasteiger partial charge on any atom is 0.253 e. The Hall–Kier alpha value is -1.73. The highest BCUT2D eigenvalue weighted by atomic mass is 35.5. The van der Waals surface area contributed by atoms with Crippen LogP contribution in [0.2, 0.25) is 5.02 Å². The zero-order valence-corrected chi connectivity index (χ0v) is 16.9. The number of benzene rings is 2. The molecule has 0 radical (unpaired) electrons. The normalized spacial score (nSPS) is 20.6. The second-order valence-corrected chi connectivity index (χ2v) is 9.25. The summed E-state index contributed by atoms with van der Waals surface area (Å²) < 4.78 is 24.9. The quantitative estimate of drug-likeness (QED) is 0.743. The van der Waals surface area contributed by atoms with Crippen molar-refractivity contribution >= 4 is 27.4 Å². The Bertz CT molecular complexity index is 942. The maximum absolute atomic E-state index is 12.4. The molecule has 0 spiro atoms. The summed E-state index contributed by atoms with van der Waals surface area (Å²) in [7, 11) is -3.69. The van der Waals surface area contributed by atoms with Crippen molar-refractivity contribution in [1.29, 1.82) is 0 Å². The van der Waals surface area contributed by atoms with E-state index in [2.05, 4.69) is 10.3 Å². The molecule has 1 saturated carbocycles. The van der Waals surface area contributed by atoms with Gasteiger partial charge in [0.15, 0.2) is 0 Å². The van der Waals surface area contributed by atoms with Crippen molar-refractivity contribution in [2.45, 2.75) is 50.0 Å². The molecule has 2 aromatic carbocycles. The van der Waals surface area contributed by atoms with E-state index < -0.39 is 10.0 Å². The van der Waals surface area contributed by atoms with E-state index in [1.807, 2.05) is 32.0 Å². The minimum absolute atomic E-state index is 0.0278. The van der Waals surface area contributed by atoms with E-state index in [-0.39, 0.29) is 29.1 Å². The van der Waals surface area contributed by atoms with Crippen molar-refractivity contribution in [3.63, 3.8) is 0 Å². The van der Waals surface area contributed by atoms with Gasteiger partial charge in [-0.3, -0.25) is 4.79 Å². The fourth-order valence-electron chi connectivity index (χ4n) is 3.40. The van der Waals surface area contributed by atoms with Gasteiger partial charge < -0.3 is 0 Å². The van der Waals surface area contributed by atoms with Gasteiger partial charge >= 0.3 is 0 Å². The van der Waals surface area contributed by atoms with Gasteiger partial charge in [-0.2, -0.15) is 0 Å². The second kappa shape index (κ2) is 8.10. The number of sulfonamides is 1. The van der Waals surface area contributed by atoms with E-state index >= 15 is 0 Å². The predicted molar refractivity (Wildman–Crippen MR) is 106 cm³/mol. The average Bonchev–Trinajstić information content (AvgIpc) is 2.62. The van der Waals surface area contributed by atoms with Crippen LogP contribution in [0.5, 0.6) is 0 Å². The van der Waals surface area contributed by atoms with Crippen LogP contribution in [-0.4, -0.2) is 20.2 Å². The van der Waals surface area contributed by atoms with E-state index in [4.69, 9.17) is 11.6 Å². The Morgan fingerprint density at radius 2 is 1.67 bits per heavy atom. The van der Waals surface area contributed by atoms with Gasteiger partial charge in [0, 0.05) is 23.9 Å². The molecule has 2 atom stereocenters. The molecule has 2 aromatic rings. The summed E-state index contributed by atoms with van der Waals surface area (Å²) in [5, 5.41) is 0.638. The molecule has 144 valence electrons. The van der Waals surface area contributed by atoms with E-state index in [0.29, 0.717) is 17.9 Å². The van der Waals surface area contributed by atoms with Crippen LogP contribution >= 0.6 is 11.6 Å². The van der Waals surface area contributed by atoms with Gasteiger partial charge in [0.05, 0.1) is 4.90 Å². The number of nitrogens with one attached hydrogen (secondary N) is 2. The van der Waals surface area contributed by atoms with E-state index in [0.717, 1.165) is 16.7 Å². The number of hydrogen-bond acceptors (Lipinski definition) is 4. The zero-order valence-electron chi connectivity index (χ0n) is 15.3. The van der Waals surface area contributed by atoms with Gasteiger partial charge in [-0.05, 0) is 49.9 Å². The summed E-state index contributed by atoms with van der Waals surface area (Å²) in [5.41, 5.74) is 5.84. The van der Waals surface area contributed by atoms with Gasteiger partial charge in [0.1, 0.15) is 5.78 Å². The SMILES string of the molecule is Cc1ccc(S(=O)(=O)NNC2CC(=O)CC(c3cc(C)ccc3Cl)C2)cc1. The third-order valence-corrected chi connectivity index (χ3v) is 6.46. The molecule has 0 saturated heterocycles. The highest BCUT2D eigenvalue weighted by Crippen LogP contribution is 2.35. The van der Waals surface area contributed by atoms with Crippen LogP contribution in [0.25, 0.3) is 0 Å². The molecule has 27 heavy (non-hydrogen) atoms. The lowest BCUT2D eigenvalue weighted by Crippen LogP contribution is -2.47. The Balaban J connectivity index is 1.70. The van der Waals surface area contributed by atoms with Crippen molar-refractivity contribution in [3.05, 3.63) is 64.2 Å². The Labute approximate surface area is 165 Å². The van der Waals surface area contributed by atoms with Gasteiger partial charge in [-0.25, -0.2) is 13.8 Å². The first-order chi connectivity index (χ1) is 12.7. The van der Waals surface area contributed by atoms with Crippen LogP contribution in [0.3, 0.4) is 0 Å². The van der Waals surface area contributed by atoms with Crippen molar-refractivity contribution < 1.29 is 13.2 Å². The van der Waals surface area contributed by atoms with Gasteiger partial charge in [0.2, 0.25) is 0 Å². The van der Waals surface area contributed by atoms with E-state index in [1.54, 1.807) is 24.3 Å². The van der Waals surface area contributed by atoms with Crippen LogP contribution in [0.15, 0.2) is 47.4 Å². The molecule has 1 aliphatic rings. The fraction of sp³-hybridized carbons (Fsp3) is 0.350. The number of carbonyl (C=O) groups excluding carboxylic acids is 1. The first-order valence-corrected chi connectivity index (χ1v) is 10.7. The maximum atomic E-state index is 12.4. The Kier molecular flexibility index (Phi) is 6.01. The highest BCUT2D eigenvalue weighted by molar-refractivity contribution is 7.89. The number of hydrogen-bond donors (Lipinski definition) is 2. The van der Waals surface area contributed by atoms with Crippen molar-refractivity contribution in [1.82, 2.24) is 10.3 Å². The molecule has 0 heterocycles. The number of hydrazine groups is 1. The topological polar surface area (TPSA) is 75.3 Å². The van der Waals surface area contributed by atoms with Crippen LogP contribution < -0.4 is 10.3 Å². The molecular formula is C20H23ClN2O3S. The molecule has 0 aromatic heterocycles. The molecule has 5 nitrogen and oxygen atoms in total. The van der Waals surface area contributed by atoms with Crippen LogP contribution in [-0.2, 0) is 14.8 Å². The molecular weight excluding hydrogens is 384 g/mol. The van der Waals surface area contributed by atoms with E-state index in [1.165, 1.54) is 0 Å². The lowest BCUT2D eigenvalue weighted by molar-refractivity contribution is -0.121. The predicted octanol–water partition coefficient (Wildman–Crippen LogP) is 3.65. The van der Waals surface area contributed by atoms with E-state index in [9.17, 15) is 13.2 Å². The van der Waals surface area contributed by atoms with Gasteiger partial charge in [0.25, 0.3) is 10.0 Å². The average molecular weight is 407 g/mol. The summed E-state index contributed by atoms with van der Waals surface area (Å²) in [5.74, 6) is 0.0656. The number of ketones is 1. The molecule has 1 aliphatic carbocycles. The molecule has 2 N–H and O–H groups in total. The fourth-order valence-corrected chi connectivity index (χ4v) is 4.61. The minimum atomic E-state index is -3.69. The third kappa shape index (κ3) is 4.96. The molecule has 2 unspecified atom stereocenters. The molecule has 1 fully saturated rings. The van der Waals surface area contributed by atoms with Crippen molar-refractivity contribution in [2.24, 2.45) is 0 Å². The summed E-state index contributed by atoms with van der Waals surface area (Å²) in [6, 6.07) is 12.1. The highest BCUT2D eigenvalue weighted by Gasteiger charge is 2.30. The number of aryl methyl sites for hydroxylation is 2. The van der Waals surface area contributed by atoms with Crippen molar-refractivity contribution in [3.8, 4) is 0 Å². The molecule has 7 heteroatoms. The van der Waals surface area contributed by atoms with Crippen LogP contribution in [0.1, 0.15) is 41.9 Å². The lowest BCUT2D eigenvalue weighted by atomic mass is 9.80. The smallest absolute Gasteiger partial charge is 0.253 e. The largest absolute Gasteiger partial charge is 0.300 e. The molecule has 0 amide bonds. The van der Waals surface area contributed by atoms with Gasteiger partial charge in [-0.1, -0.05) is 47.0 Å². The molecule has 3 rings (SSSR count). The van der Waals surface area contributed by atoms with Gasteiger partial charge in [-0.15, -0.1) is 4.83 Å². The number of carbonyl (C=O) groups is 1.